The molecular formula is C17H21NOS. The molecule has 0 saturated carbocycles. The lowest BCUT2D eigenvalue weighted by Crippen LogP contribution is -2.42. The van der Waals surface area contributed by atoms with Gasteiger partial charge in [0.25, 0.3) is 0 Å². The van der Waals surface area contributed by atoms with E-state index in [9.17, 15) is 5.11 Å². The van der Waals surface area contributed by atoms with Crippen molar-refractivity contribution >= 4 is 11.3 Å². The van der Waals surface area contributed by atoms with Crippen LogP contribution in [0.4, 0.5) is 0 Å². The molecule has 1 aliphatic heterocycles. The van der Waals surface area contributed by atoms with Gasteiger partial charge in [0.05, 0.1) is 0 Å². The first-order valence-corrected chi connectivity index (χ1v) is 8.13. The Kier molecular flexibility index (Phi) is 3.92. The van der Waals surface area contributed by atoms with Crippen LogP contribution in [0, 0.1) is 12.8 Å². The fraction of sp³-hybridized carbons (Fsp3) is 0.412. The Morgan fingerprint density at radius 1 is 1.15 bits per heavy atom. The first-order valence-electron chi connectivity index (χ1n) is 7.25. The van der Waals surface area contributed by atoms with Gasteiger partial charge < -0.3 is 10.4 Å². The van der Waals surface area contributed by atoms with Gasteiger partial charge in [0, 0.05) is 4.88 Å². The maximum atomic E-state index is 11.5. The molecule has 3 rings (SSSR count). The van der Waals surface area contributed by atoms with Crippen LogP contribution in [0.5, 0.6) is 0 Å². The summed E-state index contributed by atoms with van der Waals surface area (Å²) >= 11 is 1.65. The summed E-state index contributed by atoms with van der Waals surface area (Å²) in [6.07, 6.45) is 2.03. The summed E-state index contributed by atoms with van der Waals surface area (Å²) in [6.45, 7) is 4.06. The van der Waals surface area contributed by atoms with E-state index in [4.69, 9.17) is 0 Å². The number of rotatable bonds is 3. The van der Waals surface area contributed by atoms with Crippen molar-refractivity contribution in [1.82, 2.24) is 5.32 Å². The summed E-state index contributed by atoms with van der Waals surface area (Å²) in [5.41, 5.74) is 1.41. The number of aliphatic hydroxyl groups is 1. The van der Waals surface area contributed by atoms with Gasteiger partial charge in [0.1, 0.15) is 5.60 Å². The lowest BCUT2D eigenvalue weighted by Gasteiger charge is -2.38. The number of piperidine rings is 1. The van der Waals surface area contributed by atoms with Gasteiger partial charge in [-0.3, -0.25) is 0 Å². The van der Waals surface area contributed by atoms with Crippen LogP contribution >= 0.6 is 11.3 Å². The van der Waals surface area contributed by atoms with Crippen molar-refractivity contribution in [3.05, 3.63) is 57.8 Å². The van der Waals surface area contributed by atoms with Gasteiger partial charge in [-0.1, -0.05) is 35.9 Å². The van der Waals surface area contributed by atoms with E-state index in [1.165, 1.54) is 5.56 Å². The summed E-state index contributed by atoms with van der Waals surface area (Å²) in [5.74, 6) is 0.283. The highest BCUT2D eigenvalue weighted by molar-refractivity contribution is 7.10. The first-order chi connectivity index (χ1) is 9.71. The standard InChI is InChI=1S/C17H21NOS/c1-13-4-6-14(7-5-13)17(19,16-3-2-12-20-16)15-8-10-18-11-9-15/h2-7,12,15,18-19H,8-11H2,1H3. The summed E-state index contributed by atoms with van der Waals surface area (Å²) in [7, 11) is 0. The predicted octanol–water partition coefficient (Wildman–Crippen LogP) is 3.29. The van der Waals surface area contributed by atoms with Crippen LogP contribution in [0.25, 0.3) is 0 Å². The average molecular weight is 287 g/mol. The zero-order valence-electron chi connectivity index (χ0n) is 11.8. The molecule has 3 heteroatoms. The smallest absolute Gasteiger partial charge is 0.127 e. The van der Waals surface area contributed by atoms with Crippen LogP contribution in [-0.2, 0) is 5.60 Å². The summed E-state index contributed by atoms with van der Waals surface area (Å²) < 4.78 is 0. The van der Waals surface area contributed by atoms with Gasteiger partial charge in [0.2, 0.25) is 0 Å². The van der Waals surface area contributed by atoms with Crippen LogP contribution in [0.15, 0.2) is 41.8 Å². The zero-order valence-corrected chi connectivity index (χ0v) is 12.6. The highest BCUT2D eigenvalue weighted by Crippen LogP contribution is 2.42. The van der Waals surface area contributed by atoms with E-state index >= 15 is 0 Å². The Morgan fingerprint density at radius 3 is 2.45 bits per heavy atom. The third kappa shape index (κ3) is 2.41. The van der Waals surface area contributed by atoms with E-state index in [0.29, 0.717) is 0 Å². The second kappa shape index (κ2) is 5.68. The van der Waals surface area contributed by atoms with E-state index in [-0.39, 0.29) is 5.92 Å². The fourth-order valence-corrected chi connectivity index (χ4v) is 4.05. The number of thiophene rings is 1. The van der Waals surface area contributed by atoms with Gasteiger partial charge in [-0.15, -0.1) is 11.3 Å². The number of hydrogen-bond acceptors (Lipinski definition) is 3. The highest BCUT2D eigenvalue weighted by Gasteiger charge is 2.41. The van der Waals surface area contributed by atoms with Gasteiger partial charge in [-0.25, -0.2) is 0 Å². The van der Waals surface area contributed by atoms with Gasteiger partial charge in [0.15, 0.2) is 0 Å². The van der Waals surface area contributed by atoms with Crippen molar-refractivity contribution in [2.24, 2.45) is 5.92 Å². The Balaban J connectivity index is 2.05. The van der Waals surface area contributed by atoms with Crippen molar-refractivity contribution in [3.8, 4) is 0 Å². The van der Waals surface area contributed by atoms with Gasteiger partial charge in [-0.05, 0) is 55.8 Å². The minimum Gasteiger partial charge on any atom is -0.379 e. The van der Waals surface area contributed by atoms with Gasteiger partial charge >= 0.3 is 0 Å². The molecule has 106 valence electrons. The maximum Gasteiger partial charge on any atom is 0.127 e. The molecule has 1 atom stereocenters. The lowest BCUT2D eigenvalue weighted by atomic mass is 9.75. The minimum absolute atomic E-state index is 0.283. The Labute approximate surface area is 124 Å². The Morgan fingerprint density at radius 2 is 1.85 bits per heavy atom. The molecule has 0 bridgehead atoms. The molecule has 2 N–H and O–H groups in total. The van der Waals surface area contributed by atoms with Crippen LogP contribution in [0.2, 0.25) is 0 Å². The van der Waals surface area contributed by atoms with Crippen molar-refractivity contribution in [1.29, 1.82) is 0 Å². The number of aryl methyl sites for hydroxylation is 1. The summed E-state index contributed by atoms with van der Waals surface area (Å²) in [6, 6.07) is 12.4. The quantitative estimate of drug-likeness (QED) is 0.908. The van der Waals surface area contributed by atoms with E-state index < -0.39 is 5.60 Å². The van der Waals surface area contributed by atoms with Crippen LogP contribution in [0.3, 0.4) is 0 Å². The molecule has 1 aliphatic rings. The van der Waals surface area contributed by atoms with Crippen molar-refractivity contribution in [3.63, 3.8) is 0 Å². The first kappa shape index (κ1) is 13.8. The second-order valence-corrected chi connectivity index (χ2v) is 6.58. The van der Waals surface area contributed by atoms with Crippen molar-refractivity contribution in [2.45, 2.75) is 25.4 Å². The molecule has 1 saturated heterocycles. The molecule has 1 unspecified atom stereocenters. The van der Waals surface area contributed by atoms with Crippen LogP contribution < -0.4 is 5.32 Å². The number of nitrogens with one attached hydrogen (secondary N) is 1. The lowest BCUT2D eigenvalue weighted by molar-refractivity contribution is 0.00560. The summed E-state index contributed by atoms with van der Waals surface area (Å²) in [5, 5.41) is 17.0. The second-order valence-electron chi connectivity index (χ2n) is 5.63. The number of benzene rings is 1. The summed E-state index contributed by atoms with van der Waals surface area (Å²) in [4.78, 5) is 1.06. The highest BCUT2D eigenvalue weighted by atomic mass is 32.1. The molecule has 0 amide bonds. The molecular weight excluding hydrogens is 266 g/mol. The zero-order chi connectivity index (χ0) is 14.0. The van der Waals surface area contributed by atoms with Crippen LogP contribution in [0.1, 0.15) is 28.8 Å². The Hall–Kier alpha value is -1.16. The normalized spacial score (nSPS) is 19.7. The fourth-order valence-electron chi connectivity index (χ4n) is 3.12. The molecule has 1 aromatic heterocycles. The largest absolute Gasteiger partial charge is 0.379 e. The third-order valence-electron chi connectivity index (χ3n) is 4.32. The van der Waals surface area contributed by atoms with Crippen LogP contribution in [-0.4, -0.2) is 18.2 Å². The molecule has 2 nitrogen and oxygen atoms in total. The minimum atomic E-state index is -0.843. The molecule has 20 heavy (non-hydrogen) atoms. The number of hydrogen-bond donors (Lipinski definition) is 2. The molecule has 2 heterocycles. The third-order valence-corrected chi connectivity index (χ3v) is 5.31. The molecule has 0 aliphatic carbocycles. The molecule has 1 aromatic carbocycles. The topological polar surface area (TPSA) is 32.3 Å². The van der Waals surface area contributed by atoms with Gasteiger partial charge in [-0.2, -0.15) is 0 Å². The van der Waals surface area contributed by atoms with E-state index in [1.807, 2.05) is 6.07 Å². The monoisotopic (exact) mass is 287 g/mol. The molecule has 0 spiro atoms. The van der Waals surface area contributed by atoms with Crippen molar-refractivity contribution < 1.29 is 5.11 Å². The predicted molar refractivity (Wildman–Crippen MR) is 84.1 cm³/mol. The Bertz CT molecular complexity index is 543. The van der Waals surface area contributed by atoms with Crippen molar-refractivity contribution in [2.75, 3.05) is 13.1 Å². The van der Waals surface area contributed by atoms with E-state index in [2.05, 4.69) is 48.0 Å². The molecule has 0 radical (unpaired) electrons. The average Bonchev–Trinajstić information content (AvgIpc) is 3.03. The van der Waals surface area contributed by atoms with E-state index in [0.717, 1.165) is 36.4 Å². The SMILES string of the molecule is Cc1ccc(C(O)(c2cccs2)C2CCNCC2)cc1. The maximum absolute atomic E-state index is 11.5. The molecule has 2 aromatic rings. The van der Waals surface area contributed by atoms with E-state index in [1.54, 1.807) is 11.3 Å². The molecule has 1 fully saturated rings.